The fraction of sp³-hybridized carbons (Fsp3) is 0.864. The fourth-order valence-corrected chi connectivity index (χ4v) is 9.16. The Labute approximate surface area is 427 Å². The van der Waals surface area contributed by atoms with Crippen LogP contribution < -0.4 is 10.2 Å². The Bertz CT molecular complexity index is 1280. The van der Waals surface area contributed by atoms with Gasteiger partial charge in [0.2, 0.25) is 5.91 Å². The van der Waals surface area contributed by atoms with Crippen molar-refractivity contribution in [3.05, 3.63) is 36.5 Å². The van der Waals surface area contributed by atoms with Crippen molar-refractivity contribution >= 4 is 19.7 Å². The molecule has 1 N–H and O–H groups in total. The van der Waals surface area contributed by atoms with Crippen LogP contribution in [0.25, 0.3) is 0 Å². The van der Waals surface area contributed by atoms with Gasteiger partial charge in [-0.05, 0) is 76.7 Å². The second-order valence-corrected chi connectivity index (χ2v) is 22.6. The molecule has 0 aromatic carbocycles. The van der Waals surface area contributed by atoms with Crippen molar-refractivity contribution in [1.29, 1.82) is 0 Å². The van der Waals surface area contributed by atoms with Crippen molar-refractivity contribution in [2.24, 2.45) is 0 Å². The van der Waals surface area contributed by atoms with Gasteiger partial charge in [-0.15, -0.1) is 0 Å². The minimum Gasteiger partial charge on any atom is -0.756 e. The third-order valence-electron chi connectivity index (χ3n) is 13.0. The molecule has 69 heavy (non-hydrogen) atoms. The van der Waals surface area contributed by atoms with E-state index in [1.165, 1.54) is 161 Å². The molecular formula is C59H113N2O7P. The second-order valence-electron chi connectivity index (χ2n) is 21.1. The minimum absolute atomic E-state index is 0.0223. The number of carbonyl (C=O) groups excluding carboxylic acids is 2. The summed E-state index contributed by atoms with van der Waals surface area (Å²) in [5.74, 6) is -0.547. The molecule has 3 atom stereocenters. The normalized spacial score (nSPS) is 14.0. The molecule has 0 bridgehead atoms. The number of unbranched alkanes of at least 4 members (excludes halogenated alkanes) is 33. The van der Waals surface area contributed by atoms with Crippen molar-refractivity contribution in [1.82, 2.24) is 5.32 Å². The van der Waals surface area contributed by atoms with E-state index in [2.05, 4.69) is 50.4 Å². The Hall–Kier alpha value is -1.77. The number of hydrogen-bond acceptors (Lipinski definition) is 7. The van der Waals surface area contributed by atoms with E-state index in [4.69, 9.17) is 13.8 Å². The number of hydrogen-bond donors (Lipinski definition) is 1. The van der Waals surface area contributed by atoms with Crippen LogP contribution in [0.5, 0.6) is 0 Å². The topological polar surface area (TPSA) is 114 Å². The summed E-state index contributed by atoms with van der Waals surface area (Å²) in [6, 6.07) is -0.887. The molecule has 0 aliphatic rings. The molecule has 0 heterocycles. The molecule has 0 aromatic rings. The van der Waals surface area contributed by atoms with Crippen molar-refractivity contribution in [2.45, 2.75) is 290 Å². The molecule has 0 spiro atoms. The monoisotopic (exact) mass is 993 g/mol. The van der Waals surface area contributed by atoms with Gasteiger partial charge in [-0.3, -0.25) is 14.2 Å². The highest BCUT2D eigenvalue weighted by atomic mass is 31.2. The maximum Gasteiger partial charge on any atom is 0.306 e. The zero-order valence-corrected chi connectivity index (χ0v) is 47.2. The summed E-state index contributed by atoms with van der Waals surface area (Å²) < 4.78 is 30.2. The van der Waals surface area contributed by atoms with Gasteiger partial charge >= 0.3 is 5.97 Å². The van der Waals surface area contributed by atoms with Gasteiger partial charge in [-0.2, -0.15) is 0 Å². The number of likely N-dealkylation sites (N-methyl/N-ethyl adjacent to an activating group) is 1. The predicted octanol–water partition coefficient (Wildman–Crippen LogP) is 16.9. The van der Waals surface area contributed by atoms with Gasteiger partial charge in [0.25, 0.3) is 7.82 Å². The summed E-state index contributed by atoms with van der Waals surface area (Å²) in [5, 5.41) is 3.02. The number of quaternary nitrogens is 1. The van der Waals surface area contributed by atoms with Gasteiger partial charge in [0.15, 0.2) is 0 Å². The van der Waals surface area contributed by atoms with Crippen LogP contribution >= 0.6 is 7.82 Å². The second kappa shape index (κ2) is 49.8. The van der Waals surface area contributed by atoms with Gasteiger partial charge in [0.05, 0.1) is 33.8 Å². The van der Waals surface area contributed by atoms with E-state index in [1.54, 1.807) is 0 Å². The van der Waals surface area contributed by atoms with Crippen LogP contribution in [0.4, 0.5) is 0 Å². The van der Waals surface area contributed by atoms with Crippen molar-refractivity contribution in [3.63, 3.8) is 0 Å². The first-order valence-electron chi connectivity index (χ1n) is 29.3. The number of allylic oxidation sites excluding steroid dienone is 5. The molecule has 0 aliphatic heterocycles. The Morgan fingerprint density at radius 3 is 1.28 bits per heavy atom. The highest BCUT2D eigenvalue weighted by Crippen LogP contribution is 2.38. The standard InChI is InChI=1S/C59H113N2O7P/c1-7-10-13-16-19-22-25-26-27-28-29-30-31-32-33-34-37-39-42-45-48-51-58(62)60-56(55-67-69(64,65)66-54-53-61(4,5)6)57(50-47-44-41-38-35-23-20-17-14-11-8-2)68-59(63)52-49-46-43-40-36-24-21-18-15-12-9-3/h18,21,26-27,47,50,56-57H,7-17,19-20,22-25,28-46,48-49,51-55H2,1-6H3,(H-,60,62,64,65)/b21-18-,27-26+,50-47-. The number of carbonyl (C=O) groups is 2. The van der Waals surface area contributed by atoms with E-state index in [1.807, 2.05) is 33.3 Å². The Kier molecular flexibility index (Phi) is 48.5. The maximum atomic E-state index is 13.5. The van der Waals surface area contributed by atoms with Crippen LogP contribution in [-0.4, -0.2) is 69.4 Å². The minimum atomic E-state index is -4.69. The Balaban J connectivity index is 5.17. The SMILES string of the molecule is CCCC/C=C\CCCCCCCC(=O)OC(/C=C\CCCCCCCCCCC)C(COP(=O)([O-])OCC[N+](C)(C)C)NC(=O)CCCCCCCCCCCCC/C=C/CCCCCCCC. The van der Waals surface area contributed by atoms with Crippen molar-refractivity contribution in [3.8, 4) is 0 Å². The van der Waals surface area contributed by atoms with Gasteiger partial charge in [0, 0.05) is 12.8 Å². The molecule has 10 heteroatoms. The van der Waals surface area contributed by atoms with Crippen LogP contribution in [0.3, 0.4) is 0 Å². The first-order valence-corrected chi connectivity index (χ1v) is 30.8. The molecule has 0 fully saturated rings. The molecule has 0 aromatic heterocycles. The lowest BCUT2D eigenvalue weighted by Gasteiger charge is -2.30. The average Bonchev–Trinajstić information content (AvgIpc) is 3.31. The number of ether oxygens (including phenoxy) is 1. The van der Waals surface area contributed by atoms with Crippen LogP contribution in [0.15, 0.2) is 36.5 Å². The summed E-state index contributed by atoms with van der Waals surface area (Å²) in [7, 11) is 1.19. The number of phosphoric ester groups is 1. The number of nitrogens with zero attached hydrogens (tertiary/aromatic N) is 1. The zero-order chi connectivity index (χ0) is 50.8. The third kappa shape index (κ3) is 51.0. The zero-order valence-electron chi connectivity index (χ0n) is 46.3. The number of esters is 1. The van der Waals surface area contributed by atoms with E-state index in [9.17, 15) is 19.0 Å². The lowest BCUT2D eigenvalue weighted by Crippen LogP contribution is -2.47. The average molecular weight is 994 g/mol. The van der Waals surface area contributed by atoms with Gasteiger partial charge in [0.1, 0.15) is 19.3 Å². The summed E-state index contributed by atoms with van der Waals surface area (Å²) in [6.07, 6.45) is 58.3. The molecule has 0 radical (unpaired) electrons. The lowest BCUT2D eigenvalue weighted by molar-refractivity contribution is -0.870. The quantitative estimate of drug-likeness (QED) is 0.0212. The van der Waals surface area contributed by atoms with Crippen LogP contribution in [0.1, 0.15) is 278 Å². The van der Waals surface area contributed by atoms with Crippen molar-refractivity contribution in [2.75, 3.05) is 40.9 Å². The smallest absolute Gasteiger partial charge is 0.306 e. The molecule has 0 saturated heterocycles. The van der Waals surface area contributed by atoms with E-state index in [0.717, 1.165) is 83.5 Å². The molecule has 0 aliphatic carbocycles. The third-order valence-corrected chi connectivity index (χ3v) is 14.0. The van der Waals surface area contributed by atoms with E-state index < -0.39 is 20.0 Å². The molecule has 0 rings (SSSR count). The number of amides is 1. The van der Waals surface area contributed by atoms with Gasteiger partial charge < -0.3 is 28.5 Å². The molecule has 1 amide bonds. The molecule has 9 nitrogen and oxygen atoms in total. The van der Waals surface area contributed by atoms with E-state index >= 15 is 0 Å². The lowest BCUT2D eigenvalue weighted by atomic mass is 10.0. The van der Waals surface area contributed by atoms with Crippen LogP contribution in [0.2, 0.25) is 0 Å². The molecule has 406 valence electrons. The molecular weight excluding hydrogens is 880 g/mol. The Morgan fingerprint density at radius 2 is 0.855 bits per heavy atom. The summed E-state index contributed by atoms with van der Waals surface area (Å²) in [4.78, 5) is 39.8. The van der Waals surface area contributed by atoms with Gasteiger partial charge in [-0.25, -0.2) is 0 Å². The largest absolute Gasteiger partial charge is 0.756 e. The number of phosphoric acid groups is 1. The first-order chi connectivity index (χ1) is 33.4. The highest BCUT2D eigenvalue weighted by Gasteiger charge is 2.27. The number of nitrogens with one attached hydrogen (secondary N) is 1. The fourth-order valence-electron chi connectivity index (χ4n) is 8.44. The van der Waals surface area contributed by atoms with E-state index in [-0.39, 0.29) is 31.5 Å². The van der Waals surface area contributed by atoms with Crippen LogP contribution in [-0.2, 0) is 27.9 Å². The predicted molar refractivity (Wildman–Crippen MR) is 293 cm³/mol. The molecule has 0 saturated carbocycles. The molecule has 3 unspecified atom stereocenters. The first kappa shape index (κ1) is 67.2. The maximum absolute atomic E-state index is 13.5. The summed E-state index contributed by atoms with van der Waals surface area (Å²) >= 11 is 0. The summed E-state index contributed by atoms with van der Waals surface area (Å²) in [6.45, 7) is 6.80. The summed E-state index contributed by atoms with van der Waals surface area (Å²) in [5.41, 5.74) is 0. The Morgan fingerprint density at radius 1 is 0.493 bits per heavy atom. The van der Waals surface area contributed by atoms with Crippen LogP contribution in [0, 0.1) is 0 Å². The van der Waals surface area contributed by atoms with Gasteiger partial charge in [-0.1, -0.05) is 225 Å². The highest BCUT2D eigenvalue weighted by molar-refractivity contribution is 7.45. The van der Waals surface area contributed by atoms with Crippen molar-refractivity contribution < 1.29 is 37.3 Å². The van der Waals surface area contributed by atoms with E-state index in [0.29, 0.717) is 17.4 Å². The number of rotatable bonds is 53.